The molecule has 6 nitrogen and oxygen atoms in total. The van der Waals surface area contributed by atoms with Gasteiger partial charge in [0, 0.05) is 10.7 Å². The third-order valence-corrected chi connectivity index (χ3v) is 5.29. The molecule has 3 aromatic carbocycles. The number of carbonyl (C=O) groups is 1. The molecule has 0 saturated carbocycles. The number of anilines is 1. The number of aryl methyl sites for hydroxylation is 2. The lowest BCUT2D eigenvalue weighted by Gasteiger charge is -2.11. The van der Waals surface area contributed by atoms with E-state index in [-0.39, 0.29) is 23.2 Å². The van der Waals surface area contributed by atoms with E-state index in [4.69, 9.17) is 28.2 Å². The van der Waals surface area contributed by atoms with Crippen molar-refractivity contribution >= 4 is 51.6 Å². The van der Waals surface area contributed by atoms with Crippen molar-refractivity contribution in [1.82, 2.24) is 10.3 Å². The molecule has 8 heteroatoms. The van der Waals surface area contributed by atoms with Gasteiger partial charge in [-0.15, -0.1) is 0 Å². The predicted octanol–water partition coefficient (Wildman–Crippen LogP) is 5.53. The fraction of sp³-hybridized carbons (Fsp3) is 0.125. The molecule has 4 rings (SSSR count). The molecule has 0 aliphatic rings. The molecule has 0 radical (unpaired) electrons. The number of hydrogen-bond acceptors (Lipinski definition) is 5. The lowest BCUT2D eigenvalue weighted by Crippen LogP contribution is -2.35. The molecule has 32 heavy (non-hydrogen) atoms. The number of phenolic OH excluding ortho intramolecular Hbond substituents is 1. The zero-order valence-electron chi connectivity index (χ0n) is 17.4. The number of oxazole rings is 1. The first-order chi connectivity index (χ1) is 15.3. The molecule has 1 amide bonds. The number of halogens is 1. The van der Waals surface area contributed by atoms with E-state index in [0.29, 0.717) is 27.7 Å². The molecular weight excluding hydrogens is 446 g/mol. The summed E-state index contributed by atoms with van der Waals surface area (Å²) in [7, 11) is 0. The number of aromatic hydroxyl groups is 1. The van der Waals surface area contributed by atoms with Crippen molar-refractivity contribution in [2.24, 2.45) is 0 Å². The van der Waals surface area contributed by atoms with Crippen molar-refractivity contribution in [1.29, 1.82) is 0 Å². The minimum atomic E-state index is -0.256. The molecule has 162 valence electrons. The number of carbonyl (C=O) groups excluding carboxylic acids is 1. The summed E-state index contributed by atoms with van der Waals surface area (Å²) < 4.78 is 5.91. The quantitative estimate of drug-likeness (QED) is 0.271. The lowest BCUT2D eigenvalue weighted by atomic mass is 10.1. The van der Waals surface area contributed by atoms with Gasteiger partial charge in [-0.05, 0) is 79.2 Å². The van der Waals surface area contributed by atoms with Crippen LogP contribution in [0.1, 0.15) is 16.7 Å². The number of nitrogens with zero attached hydrogens (tertiary/aromatic N) is 1. The first-order valence-corrected chi connectivity index (χ1v) is 10.6. The normalized spacial score (nSPS) is 10.8. The Labute approximate surface area is 195 Å². The Morgan fingerprint density at radius 1 is 1.12 bits per heavy atom. The first kappa shape index (κ1) is 21.8. The van der Waals surface area contributed by atoms with Crippen LogP contribution in [-0.2, 0) is 11.2 Å². The van der Waals surface area contributed by atoms with Gasteiger partial charge in [-0.2, -0.15) is 0 Å². The second kappa shape index (κ2) is 8.98. The summed E-state index contributed by atoms with van der Waals surface area (Å²) in [5, 5.41) is 16.7. The monoisotopic (exact) mass is 465 g/mol. The van der Waals surface area contributed by atoms with E-state index in [0.717, 1.165) is 22.2 Å². The number of amides is 1. The van der Waals surface area contributed by atoms with E-state index in [1.54, 1.807) is 36.4 Å². The molecule has 3 N–H and O–H groups in total. The second-order valence-electron chi connectivity index (χ2n) is 7.49. The first-order valence-electron chi connectivity index (χ1n) is 9.85. The molecule has 0 unspecified atom stereocenters. The van der Waals surface area contributed by atoms with E-state index in [2.05, 4.69) is 15.6 Å². The summed E-state index contributed by atoms with van der Waals surface area (Å²) in [6.07, 6.45) is 0.168. The highest BCUT2D eigenvalue weighted by Crippen LogP contribution is 2.34. The van der Waals surface area contributed by atoms with Gasteiger partial charge in [0.05, 0.1) is 12.0 Å². The number of fused-ring (bicyclic) bond motifs is 1. The molecule has 0 bridgehead atoms. The Kier molecular flexibility index (Phi) is 6.12. The van der Waals surface area contributed by atoms with Gasteiger partial charge in [0.25, 0.3) is 0 Å². The molecule has 0 aliphatic carbocycles. The minimum Gasteiger partial charge on any atom is -0.507 e. The topological polar surface area (TPSA) is 87.4 Å². The highest BCUT2D eigenvalue weighted by Gasteiger charge is 2.15. The predicted molar refractivity (Wildman–Crippen MR) is 130 cm³/mol. The number of phenols is 1. The summed E-state index contributed by atoms with van der Waals surface area (Å²) in [5.74, 6) is 0.0651. The Morgan fingerprint density at radius 2 is 1.88 bits per heavy atom. The highest BCUT2D eigenvalue weighted by molar-refractivity contribution is 7.80. The number of aromatic nitrogens is 1. The van der Waals surface area contributed by atoms with Gasteiger partial charge >= 0.3 is 0 Å². The largest absolute Gasteiger partial charge is 0.507 e. The van der Waals surface area contributed by atoms with Crippen LogP contribution in [-0.4, -0.2) is 21.1 Å². The Balaban J connectivity index is 1.49. The summed E-state index contributed by atoms with van der Waals surface area (Å²) in [6.45, 7) is 3.94. The average molecular weight is 466 g/mol. The number of hydrogen-bond donors (Lipinski definition) is 3. The second-order valence-corrected chi connectivity index (χ2v) is 8.33. The van der Waals surface area contributed by atoms with Gasteiger partial charge in [0.1, 0.15) is 11.3 Å². The van der Waals surface area contributed by atoms with Crippen molar-refractivity contribution in [2.45, 2.75) is 20.3 Å². The van der Waals surface area contributed by atoms with Gasteiger partial charge < -0.3 is 20.2 Å². The molecule has 1 heterocycles. The Hall–Kier alpha value is -3.42. The van der Waals surface area contributed by atoms with Crippen LogP contribution in [0.15, 0.2) is 59.0 Å². The summed E-state index contributed by atoms with van der Waals surface area (Å²) in [4.78, 5) is 16.8. The van der Waals surface area contributed by atoms with Crippen LogP contribution in [0.25, 0.3) is 22.6 Å². The van der Waals surface area contributed by atoms with Crippen molar-refractivity contribution < 1.29 is 14.3 Å². The van der Waals surface area contributed by atoms with E-state index >= 15 is 0 Å². The maximum absolute atomic E-state index is 12.3. The van der Waals surface area contributed by atoms with E-state index in [9.17, 15) is 9.90 Å². The van der Waals surface area contributed by atoms with Crippen LogP contribution in [0.2, 0.25) is 5.02 Å². The van der Waals surface area contributed by atoms with Gasteiger partial charge in [-0.3, -0.25) is 4.79 Å². The van der Waals surface area contributed by atoms with Crippen LogP contribution in [0.5, 0.6) is 5.75 Å². The third-order valence-electron chi connectivity index (χ3n) is 4.84. The summed E-state index contributed by atoms with van der Waals surface area (Å²) >= 11 is 11.1. The number of rotatable bonds is 4. The molecule has 0 spiro atoms. The van der Waals surface area contributed by atoms with Crippen molar-refractivity contribution in [3.63, 3.8) is 0 Å². The Morgan fingerprint density at radius 3 is 2.62 bits per heavy atom. The number of benzene rings is 3. The average Bonchev–Trinajstić information content (AvgIpc) is 3.15. The molecule has 0 atom stereocenters. The van der Waals surface area contributed by atoms with E-state index in [1.807, 2.05) is 26.0 Å². The standard InChI is InChI=1S/C24H20ClN3O3S/c1-13-9-14(2)22-19(10-13)27-23(31-22)18-12-17(7-8-20(18)29)26-24(32)28-21(30)11-15-3-5-16(25)6-4-15/h3-10,12,29H,11H2,1-2H3,(H2,26,28,30,32). The zero-order chi connectivity index (χ0) is 22.8. The third kappa shape index (κ3) is 4.90. The van der Waals surface area contributed by atoms with Crippen LogP contribution in [0.4, 0.5) is 5.69 Å². The van der Waals surface area contributed by atoms with Crippen LogP contribution >= 0.6 is 23.8 Å². The molecule has 0 aliphatic heterocycles. The van der Waals surface area contributed by atoms with Gasteiger partial charge in [0.15, 0.2) is 10.7 Å². The highest BCUT2D eigenvalue weighted by atomic mass is 35.5. The molecule has 1 aromatic heterocycles. The maximum atomic E-state index is 12.3. The van der Waals surface area contributed by atoms with E-state index < -0.39 is 0 Å². The smallest absolute Gasteiger partial charge is 0.231 e. The van der Waals surface area contributed by atoms with Gasteiger partial charge in [0.2, 0.25) is 11.8 Å². The van der Waals surface area contributed by atoms with Crippen LogP contribution in [0, 0.1) is 13.8 Å². The summed E-state index contributed by atoms with van der Waals surface area (Å²) in [5.41, 5.74) is 5.26. The molecular formula is C24H20ClN3O3S. The molecule has 4 aromatic rings. The lowest BCUT2D eigenvalue weighted by molar-refractivity contribution is -0.119. The summed E-state index contributed by atoms with van der Waals surface area (Å²) in [6, 6.07) is 15.8. The zero-order valence-corrected chi connectivity index (χ0v) is 19.0. The van der Waals surface area contributed by atoms with E-state index in [1.165, 1.54) is 6.07 Å². The van der Waals surface area contributed by atoms with Crippen molar-refractivity contribution in [3.8, 4) is 17.2 Å². The fourth-order valence-electron chi connectivity index (χ4n) is 3.40. The van der Waals surface area contributed by atoms with Crippen LogP contribution in [0.3, 0.4) is 0 Å². The molecule has 0 fully saturated rings. The Bertz CT molecular complexity index is 1330. The van der Waals surface area contributed by atoms with Gasteiger partial charge in [-0.25, -0.2) is 4.98 Å². The van der Waals surface area contributed by atoms with Crippen LogP contribution < -0.4 is 10.6 Å². The fourth-order valence-corrected chi connectivity index (χ4v) is 3.76. The number of nitrogens with one attached hydrogen (secondary N) is 2. The maximum Gasteiger partial charge on any atom is 0.231 e. The van der Waals surface area contributed by atoms with Gasteiger partial charge in [-0.1, -0.05) is 29.8 Å². The minimum absolute atomic E-state index is 0.0224. The van der Waals surface area contributed by atoms with Crippen molar-refractivity contribution in [3.05, 3.63) is 76.3 Å². The number of thiocarbonyl (C=S) groups is 1. The van der Waals surface area contributed by atoms with Crippen molar-refractivity contribution in [2.75, 3.05) is 5.32 Å². The SMILES string of the molecule is Cc1cc(C)c2oc(-c3cc(NC(=S)NC(=O)Cc4ccc(Cl)cc4)ccc3O)nc2c1. The molecule has 0 saturated heterocycles.